The first-order chi connectivity index (χ1) is 7.86. The number of pyridine rings is 1. The van der Waals surface area contributed by atoms with Crippen LogP contribution in [0.4, 0.5) is 0 Å². The fourth-order valence-corrected chi connectivity index (χ4v) is 1.70. The molecule has 0 aliphatic rings. The highest BCUT2D eigenvalue weighted by Crippen LogP contribution is 2.25. The van der Waals surface area contributed by atoms with E-state index in [9.17, 15) is 0 Å². The molecule has 0 atom stereocenters. The Morgan fingerprint density at radius 1 is 1.25 bits per heavy atom. The summed E-state index contributed by atoms with van der Waals surface area (Å²) in [4.78, 5) is 4.31. The van der Waals surface area contributed by atoms with Crippen LogP contribution in [0.3, 0.4) is 0 Å². The Hall–Kier alpha value is -1.61. The first kappa shape index (κ1) is 10.9. The summed E-state index contributed by atoms with van der Waals surface area (Å²) in [6.45, 7) is 3.27. The molecular formula is C13H16N2O. The summed E-state index contributed by atoms with van der Waals surface area (Å²) in [5.74, 6) is 0.703. The molecule has 2 N–H and O–H groups in total. The molecule has 2 rings (SSSR count). The molecule has 3 heteroatoms. The van der Waals surface area contributed by atoms with Crippen molar-refractivity contribution in [3.8, 4) is 5.88 Å². The maximum atomic E-state index is 5.69. The molecule has 0 aliphatic heterocycles. The van der Waals surface area contributed by atoms with Gasteiger partial charge in [-0.05, 0) is 23.4 Å². The minimum Gasteiger partial charge on any atom is -0.477 e. The van der Waals surface area contributed by atoms with Crippen LogP contribution in [0.2, 0.25) is 0 Å². The highest BCUT2D eigenvalue weighted by molar-refractivity contribution is 5.89. The SMILES string of the molecule is CCCOc1ncc(CN)c2ccccc12. The number of hydrogen-bond donors (Lipinski definition) is 1. The fourth-order valence-electron chi connectivity index (χ4n) is 1.70. The number of rotatable bonds is 4. The molecule has 0 radical (unpaired) electrons. The van der Waals surface area contributed by atoms with Crippen LogP contribution < -0.4 is 10.5 Å². The lowest BCUT2D eigenvalue weighted by atomic mass is 10.1. The Balaban J connectivity index is 2.51. The Morgan fingerprint density at radius 2 is 2.00 bits per heavy atom. The van der Waals surface area contributed by atoms with Gasteiger partial charge in [0, 0.05) is 18.1 Å². The van der Waals surface area contributed by atoms with Gasteiger partial charge in [-0.2, -0.15) is 0 Å². The van der Waals surface area contributed by atoms with Crippen LogP contribution in [-0.4, -0.2) is 11.6 Å². The van der Waals surface area contributed by atoms with Gasteiger partial charge in [-0.3, -0.25) is 0 Å². The number of ether oxygens (including phenoxy) is 1. The molecular weight excluding hydrogens is 200 g/mol. The third-order valence-electron chi connectivity index (χ3n) is 2.50. The summed E-state index contributed by atoms with van der Waals surface area (Å²) >= 11 is 0. The molecule has 84 valence electrons. The predicted molar refractivity (Wildman–Crippen MR) is 65.4 cm³/mol. The molecule has 0 amide bonds. The first-order valence-corrected chi connectivity index (χ1v) is 5.56. The average Bonchev–Trinajstić information content (AvgIpc) is 2.36. The molecule has 0 fully saturated rings. The molecule has 2 aromatic rings. The summed E-state index contributed by atoms with van der Waals surface area (Å²) in [6, 6.07) is 8.07. The molecule has 1 aromatic carbocycles. The van der Waals surface area contributed by atoms with Gasteiger partial charge in [-0.1, -0.05) is 25.1 Å². The van der Waals surface area contributed by atoms with Crippen molar-refractivity contribution in [1.82, 2.24) is 4.98 Å². The van der Waals surface area contributed by atoms with E-state index in [-0.39, 0.29) is 0 Å². The number of nitrogens with two attached hydrogens (primary N) is 1. The van der Waals surface area contributed by atoms with E-state index in [1.54, 1.807) is 6.20 Å². The molecule has 16 heavy (non-hydrogen) atoms. The van der Waals surface area contributed by atoms with Gasteiger partial charge >= 0.3 is 0 Å². The summed E-state index contributed by atoms with van der Waals surface area (Å²) in [5.41, 5.74) is 6.74. The number of nitrogens with zero attached hydrogens (tertiary/aromatic N) is 1. The summed E-state index contributed by atoms with van der Waals surface area (Å²) < 4.78 is 5.62. The molecule has 0 bridgehead atoms. The summed E-state index contributed by atoms with van der Waals surface area (Å²) in [7, 11) is 0. The average molecular weight is 216 g/mol. The number of aromatic nitrogens is 1. The zero-order valence-corrected chi connectivity index (χ0v) is 9.44. The smallest absolute Gasteiger partial charge is 0.221 e. The van der Waals surface area contributed by atoms with Crippen molar-refractivity contribution in [3.05, 3.63) is 36.0 Å². The van der Waals surface area contributed by atoms with E-state index < -0.39 is 0 Å². The van der Waals surface area contributed by atoms with Crippen molar-refractivity contribution >= 4 is 10.8 Å². The number of fused-ring (bicyclic) bond motifs is 1. The van der Waals surface area contributed by atoms with Crippen LogP contribution in [0.25, 0.3) is 10.8 Å². The molecule has 0 unspecified atom stereocenters. The van der Waals surface area contributed by atoms with E-state index in [2.05, 4.69) is 18.0 Å². The number of hydrogen-bond acceptors (Lipinski definition) is 3. The van der Waals surface area contributed by atoms with Crippen LogP contribution in [0.5, 0.6) is 5.88 Å². The van der Waals surface area contributed by atoms with Gasteiger partial charge in [0.25, 0.3) is 0 Å². The second-order valence-electron chi connectivity index (χ2n) is 3.69. The lowest BCUT2D eigenvalue weighted by Gasteiger charge is -2.09. The van der Waals surface area contributed by atoms with Crippen molar-refractivity contribution < 1.29 is 4.74 Å². The van der Waals surface area contributed by atoms with Gasteiger partial charge in [0.15, 0.2) is 0 Å². The van der Waals surface area contributed by atoms with Crippen molar-refractivity contribution in [3.63, 3.8) is 0 Å². The van der Waals surface area contributed by atoms with E-state index in [0.29, 0.717) is 19.0 Å². The van der Waals surface area contributed by atoms with Gasteiger partial charge in [0.05, 0.1) is 6.61 Å². The van der Waals surface area contributed by atoms with Crippen LogP contribution in [-0.2, 0) is 6.54 Å². The van der Waals surface area contributed by atoms with Crippen molar-refractivity contribution in [1.29, 1.82) is 0 Å². The van der Waals surface area contributed by atoms with Crippen molar-refractivity contribution in [2.45, 2.75) is 19.9 Å². The second-order valence-corrected chi connectivity index (χ2v) is 3.69. The molecule has 0 aliphatic carbocycles. The molecule has 0 saturated carbocycles. The van der Waals surface area contributed by atoms with Gasteiger partial charge in [-0.15, -0.1) is 0 Å². The highest BCUT2D eigenvalue weighted by Gasteiger charge is 2.06. The highest BCUT2D eigenvalue weighted by atomic mass is 16.5. The Morgan fingerprint density at radius 3 is 2.69 bits per heavy atom. The minimum absolute atomic E-state index is 0.502. The number of benzene rings is 1. The van der Waals surface area contributed by atoms with Crippen LogP contribution >= 0.6 is 0 Å². The van der Waals surface area contributed by atoms with Gasteiger partial charge in [0.2, 0.25) is 5.88 Å². The lowest BCUT2D eigenvalue weighted by Crippen LogP contribution is -2.02. The maximum Gasteiger partial charge on any atom is 0.221 e. The standard InChI is InChI=1S/C13H16N2O/c1-2-7-16-13-12-6-4-3-5-11(12)10(8-14)9-15-13/h3-6,9H,2,7-8,14H2,1H3. The van der Waals surface area contributed by atoms with E-state index in [1.165, 1.54) is 0 Å². The van der Waals surface area contributed by atoms with E-state index >= 15 is 0 Å². The fraction of sp³-hybridized carbons (Fsp3) is 0.308. The summed E-state index contributed by atoms with van der Waals surface area (Å²) in [5, 5.41) is 2.17. The molecule has 1 heterocycles. The monoisotopic (exact) mass is 216 g/mol. The largest absolute Gasteiger partial charge is 0.477 e. The Labute approximate surface area is 95.2 Å². The maximum absolute atomic E-state index is 5.69. The van der Waals surface area contributed by atoms with Gasteiger partial charge < -0.3 is 10.5 Å². The quantitative estimate of drug-likeness (QED) is 0.854. The first-order valence-electron chi connectivity index (χ1n) is 5.56. The zero-order valence-electron chi connectivity index (χ0n) is 9.44. The lowest BCUT2D eigenvalue weighted by molar-refractivity contribution is 0.309. The predicted octanol–water partition coefficient (Wildman–Crippen LogP) is 2.48. The second kappa shape index (κ2) is 4.94. The molecule has 3 nitrogen and oxygen atoms in total. The van der Waals surface area contributed by atoms with Crippen LogP contribution in [0.1, 0.15) is 18.9 Å². The van der Waals surface area contributed by atoms with Crippen molar-refractivity contribution in [2.75, 3.05) is 6.61 Å². The third kappa shape index (κ3) is 1.99. The Bertz CT molecular complexity index is 482. The van der Waals surface area contributed by atoms with Crippen LogP contribution in [0, 0.1) is 0 Å². The minimum atomic E-state index is 0.502. The molecule has 1 aromatic heterocycles. The molecule has 0 saturated heterocycles. The molecule has 0 spiro atoms. The Kier molecular flexibility index (Phi) is 3.37. The zero-order chi connectivity index (χ0) is 11.4. The van der Waals surface area contributed by atoms with E-state index in [4.69, 9.17) is 10.5 Å². The van der Waals surface area contributed by atoms with E-state index in [0.717, 1.165) is 22.8 Å². The van der Waals surface area contributed by atoms with Gasteiger partial charge in [-0.25, -0.2) is 4.98 Å². The normalized spacial score (nSPS) is 10.6. The van der Waals surface area contributed by atoms with E-state index in [1.807, 2.05) is 18.2 Å². The summed E-state index contributed by atoms with van der Waals surface area (Å²) in [6.07, 6.45) is 2.78. The van der Waals surface area contributed by atoms with Crippen LogP contribution in [0.15, 0.2) is 30.5 Å². The van der Waals surface area contributed by atoms with Gasteiger partial charge in [0.1, 0.15) is 0 Å². The topological polar surface area (TPSA) is 48.1 Å². The van der Waals surface area contributed by atoms with Crippen molar-refractivity contribution in [2.24, 2.45) is 5.73 Å². The third-order valence-corrected chi connectivity index (χ3v) is 2.50.